The molecule has 2 amide bonds. The van der Waals surface area contributed by atoms with Gasteiger partial charge in [-0.1, -0.05) is 12.1 Å². The highest BCUT2D eigenvalue weighted by atomic mass is 16.5. The lowest BCUT2D eigenvalue weighted by Gasteiger charge is -2.26. The fourth-order valence-corrected chi connectivity index (χ4v) is 3.91. The van der Waals surface area contributed by atoms with Gasteiger partial charge >= 0.3 is 0 Å². The van der Waals surface area contributed by atoms with Crippen LogP contribution >= 0.6 is 0 Å². The zero-order chi connectivity index (χ0) is 25.3. The van der Waals surface area contributed by atoms with E-state index in [1.807, 2.05) is 29.2 Å². The zero-order valence-electron chi connectivity index (χ0n) is 20.1. The minimum absolute atomic E-state index is 0.0837. The summed E-state index contributed by atoms with van der Waals surface area (Å²) in [7, 11) is 1.55. The Morgan fingerprint density at radius 1 is 0.944 bits per heavy atom. The van der Waals surface area contributed by atoms with Gasteiger partial charge in [-0.3, -0.25) is 9.59 Å². The second kappa shape index (κ2) is 11.9. The molecule has 0 unspecified atom stereocenters. The van der Waals surface area contributed by atoms with Crippen LogP contribution in [0.25, 0.3) is 0 Å². The zero-order valence-corrected chi connectivity index (χ0v) is 20.1. The van der Waals surface area contributed by atoms with Crippen LogP contribution in [0.15, 0.2) is 71.8 Å². The van der Waals surface area contributed by atoms with Crippen LogP contribution in [0.5, 0.6) is 17.2 Å². The van der Waals surface area contributed by atoms with E-state index in [0.29, 0.717) is 34.8 Å². The molecule has 3 aromatic carbocycles. The van der Waals surface area contributed by atoms with Crippen molar-refractivity contribution in [1.29, 1.82) is 0 Å². The van der Waals surface area contributed by atoms with E-state index in [2.05, 4.69) is 10.5 Å². The van der Waals surface area contributed by atoms with Crippen LogP contribution in [0.2, 0.25) is 0 Å². The van der Waals surface area contributed by atoms with Crippen molar-refractivity contribution in [3.05, 3.63) is 89.0 Å². The van der Waals surface area contributed by atoms with Crippen molar-refractivity contribution in [1.82, 2.24) is 10.3 Å². The maximum Gasteiger partial charge on any atom is 0.271 e. The third-order valence-electron chi connectivity index (χ3n) is 5.94. The van der Waals surface area contributed by atoms with Crippen LogP contribution in [-0.2, 0) is 6.61 Å². The van der Waals surface area contributed by atoms with Crippen molar-refractivity contribution >= 4 is 18.0 Å². The molecule has 186 valence electrons. The summed E-state index contributed by atoms with van der Waals surface area (Å²) in [5, 5.41) is 13.3. The van der Waals surface area contributed by atoms with Crippen LogP contribution in [0.3, 0.4) is 0 Å². The van der Waals surface area contributed by atoms with Crippen LogP contribution in [-0.4, -0.2) is 48.2 Å². The number of phenolic OH excluding ortho intramolecular Hbond substituents is 1. The molecule has 0 aliphatic carbocycles. The number of phenols is 1. The minimum atomic E-state index is -0.387. The Hall–Kier alpha value is -4.33. The lowest BCUT2D eigenvalue weighted by atomic mass is 10.1. The number of hydrogen-bond acceptors (Lipinski definition) is 6. The van der Waals surface area contributed by atoms with Crippen molar-refractivity contribution in [3.63, 3.8) is 0 Å². The first-order chi connectivity index (χ1) is 17.5. The molecule has 0 spiro atoms. The predicted octanol–water partition coefficient (Wildman–Crippen LogP) is 4.37. The number of carbonyl (C=O) groups is 2. The van der Waals surface area contributed by atoms with E-state index in [-0.39, 0.29) is 17.6 Å². The highest BCUT2D eigenvalue weighted by molar-refractivity contribution is 5.95. The van der Waals surface area contributed by atoms with Crippen molar-refractivity contribution in [2.75, 3.05) is 20.2 Å². The summed E-state index contributed by atoms with van der Waals surface area (Å²) in [6.45, 7) is 1.98. The molecular weight excluding hydrogens is 458 g/mol. The monoisotopic (exact) mass is 487 g/mol. The maximum atomic E-state index is 12.6. The highest BCUT2D eigenvalue weighted by Crippen LogP contribution is 2.28. The summed E-state index contributed by atoms with van der Waals surface area (Å²) >= 11 is 0. The van der Waals surface area contributed by atoms with Gasteiger partial charge in [-0.05, 0) is 85.0 Å². The number of piperidine rings is 1. The second-order valence-corrected chi connectivity index (χ2v) is 8.49. The molecule has 1 fully saturated rings. The first-order valence-electron chi connectivity index (χ1n) is 11.8. The van der Waals surface area contributed by atoms with Crippen molar-refractivity contribution in [2.45, 2.75) is 25.9 Å². The molecule has 1 saturated heterocycles. The number of aromatic hydroxyl groups is 1. The Morgan fingerprint density at radius 3 is 2.33 bits per heavy atom. The third kappa shape index (κ3) is 6.41. The van der Waals surface area contributed by atoms with E-state index in [0.717, 1.165) is 31.5 Å². The quantitative estimate of drug-likeness (QED) is 0.363. The van der Waals surface area contributed by atoms with Crippen LogP contribution in [0.4, 0.5) is 0 Å². The van der Waals surface area contributed by atoms with Gasteiger partial charge in [0.05, 0.1) is 13.3 Å². The standard InChI is InChI=1S/C28H29N3O5/c1-35-26-17-21(18-29-30-27(33)22-10-12-24(32)13-11-22)7-14-25(26)36-19-20-5-8-23(9-6-20)28(34)31-15-3-2-4-16-31/h5-14,17-18,32H,2-4,15-16,19H2,1H3,(H,30,33). The Labute approximate surface area is 210 Å². The summed E-state index contributed by atoms with van der Waals surface area (Å²) in [6.07, 6.45) is 4.83. The van der Waals surface area contributed by atoms with Gasteiger partial charge < -0.3 is 19.5 Å². The molecule has 3 aromatic rings. The fraction of sp³-hybridized carbons (Fsp3) is 0.250. The SMILES string of the molecule is COc1cc(C=NNC(=O)c2ccc(O)cc2)ccc1OCc1ccc(C(=O)N2CCCCC2)cc1. The predicted molar refractivity (Wildman–Crippen MR) is 137 cm³/mol. The summed E-state index contributed by atoms with van der Waals surface area (Å²) in [5.41, 5.74) is 5.18. The van der Waals surface area contributed by atoms with Crippen LogP contribution in [0, 0.1) is 0 Å². The number of ether oxygens (including phenoxy) is 2. The summed E-state index contributed by atoms with van der Waals surface area (Å²) in [4.78, 5) is 26.7. The summed E-state index contributed by atoms with van der Waals surface area (Å²) in [6, 6.07) is 18.7. The lowest BCUT2D eigenvalue weighted by molar-refractivity contribution is 0.0724. The Balaban J connectivity index is 1.32. The summed E-state index contributed by atoms with van der Waals surface area (Å²) in [5.74, 6) is 0.878. The number of likely N-dealkylation sites (tertiary alicyclic amines) is 1. The molecule has 36 heavy (non-hydrogen) atoms. The molecule has 0 aromatic heterocycles. The molecule has 0 saturated carbocycles. The number of rotatable bonds is 8. The molecule has 0 atom stereocenters. The molecule has 1 aliphatic rings. The first kappa shape index (κ1) is 24.8. The molecule has 1 heterocycles. The Kier molecular flexibility index (Phi) is 8.18. The second-order valence-electron chi connectivity index (χ2n) is 8.49. The topological polar surface area (TPSA) is 100 Å². The van der Waals surface area contributed by atoms with E-state index in [4.69, 9.17) is 9.47 Å². The molecule has 1 aliphatic heterocycles. The van der Waals surface area contributed by atoms with Gasteiger partial charge in [-0.2, -0.15) is 5.10 Å². The van der Waals surface area contributed by atoms with Gasteiger partial charge in [0.1, 0.15) is 12.4 Å². The summed E-state index contributed by atoms with van der Waals surface area (Å²) < 4.78 is 11.4. The molecular formula is C28H29N3O5. The normalized spacial score (nSPS) is 13.4. The average molecular weight is 488 g/mol. The van der Waals surface area contributed by atoms with Gasteiger partial charge in [-0.15, -0.1) is 0 Å². The van der Waals surface area contributed by atoms with Gasteiger partial charge in [0.2, 0.25) is 0 Å². The first-order valence-corrected chi connectivity index (χ1v) is 11.8. The third-order valence-corrected chi connectivity index (χ3v) is 5.94. The average Bonchev–Trinajstić information content (AvgIpc) is 2.93. The number of amides is 2. The molecule has 0 bridgehead atoms. The highest BCUT2D eigenvalue weighted by Gasteiger charge is 2.18. The number of hydrogen-bond donors (Lipinski definition) is 2. The van der Waals surface area contributed by atoms with Crippen LogP contribution in [0.1, 0.15) is 51.1 Å². The lowest BCUT2D eigenvalue weighted by Crippen LogP contribution is -2.35. The number of nitrogens with zero attached hydrogens (tertiary/aromatic N) is 2. The number of benzene rings is 3. The number of hydrazone groups is 1. The Morgan fingerprint density at radius 2 is 1.64 bits per heavy atom. The maximum absolute atomic E-state index is 12.6. The molecule has 4 rings (SSSR count). The van der Waals surface area contributed by atoms with Gasteiger partial charge in [0.15, 0.2) is 11.5 Å². The fourth-order valence-electron chi connectivity index (χ4n) is 3.91. The number of carbonyl (C=O) groups excluding carboxylic acids is 2. The number of methoxy groups -OCH3 is 1. The molecule has 0 radical (unpaired) electrons. The van der Waals surface area contributed by atoms with Crippen molar-refractivity contribution in [3.8, 4) is 17.2 Å². The van der Waals surface area contributed by atoms with E-state index < -0.39 is 0 Å². The van der Waals surface area contributed by atoms with E-state index >= 15 is 0 Å². The van der Waals surface area contributed by atoms with E-state index in [9.17, 15) is 14.7 Å². The minimum Gasteiger partial charge on any atom is -0.508 e. The van der Waals surface area contributed by atoms with Crippen LogP contribution < -0.4 is 14.9 Å². The van der Waals surface area contributed by atoms with Gasteiger partial charge in [0, 0.05) is 24.2 Å². The smallest absolute Gasteiger partial charge is 0.271 e. The van der Waals surface area contributed by atoms with Crippen molar-refractivity contribution < 1.29 is 24.2 Å². The number of nitrogens with one attached hydrogen (secondary N) is 1. The van der Waals surface area contributed by atoms with Gasteiger partial charge in [-0.25, -0.2) is 5.43 Å². The van der Waals surface area contributed by atoms with E-state index in [1.54, 1.807) is 25.3 Å². The Bertz CT molecular complexity index is 1220. The van der Waals surface area contributed by atoms with E-state index in [1.165, 1.54) is 36.9 Å². The van der Waals surface area contributed by atoms with Gasteiger partial charge in [0.25, 0.3) is 11.8 Å². The van der Waals surface area contributed by atoms with Crippen molar-refractivity contribution in [2.24, 2.45) is 5.10 Å². The molecule has 8 nitrogen and oxygen atoms in total. The largest absolute Gasteiger partial charge is 0.508 e. The molecule has 8 heteroatoms. The molecule has 2 N–H and O–H groups in total.